The van der Waals surface area contributed by atoms with Gasteiger partial charge in [-0.15, -0.1) is 0 Å². The predicted octanol–water partition coefficient (Wildman–Crippen LogP) is 3.41. The van der Waals surface area contributed by atoms with Crippen LogP contribution in [-0.4, -0.2) is 21.9 Å². The van der Waals surface area contributed by atoms with E-state index in [0.29, 0.717) is 6.42 Å². The van der Waals surface area contributed by atoms with E-state index in [1.54, 1.807) is 0 Å². The molecule has 130 valence electrons. The van der Waals surface area contributed by atoms with Crippen LogP contribution >= 0.6 is 0 Å². The largest absolute Gasteiger partial charge is 0.342 e. The first-order valence-electron chi connectivity index (χ1n) is 8.74. The zero-order valence-corrected chi connectivity index (χ0v) is 14.5. The lowest BCUT2D eigenvalue weighted by atomic mass is 10.1. The van der Waals surface area contributed by atoms with Gasteiger partial charge >= 0.3 is 0 Å². The number of benzene rings is 2. The van der Waals surface area contributed by atoms with Gasteiger partial charge in [0, 0.05) is 12.1 Å². The predicted molar refractivity (Wildman–Crippen MR) is 101 cm³/mol. The van der Waals surface area contributed by atoms with Gasteiger partial charge < -0.3 is 16.0 Å². The van der Waals surface area contributed by atoms with Gasteiger partial charge in [0.05, 0.1) is 17.1 Å². The quantitative estimate of drug-likeness (QED) is 0.618. The van der Waals surface area contributed by atoms with E-state index in [1.165, 1.54) is 0 Å². The number of aromatic nitrogens is 2. The number of nitrogens with zero attached hydrogens (tertiary/aromatic N) is 1. The third-order valence-corrected chi connectivity index (χ3v) is 4.20. The van der Waals surface area contributed by atoms with Crippen molar-refractivity contribution in [3.63, 3.8) is 0 Å². The molecule has 4 N–H and O–H groups in total. The highest BCUT2D eigenvalue weighted by atomic mass is 16.2. The molecule has 1 unspecified atom stereocenters. The van der Waals surface area contributed by atoms with Gasteiger partial charge in [-0.1, -0.05) is 43.7 Å². The summed E-state index contributed by atoms with van der Waals surface area (Å²) in [7, 11) is 0. The van der Waals surface area contributed by atoms with Gasteiger partial charge in [-0.3, -0.25) is 4.79 Å². The normalized spacial score (nSPS) is 12.2. The molecule has 5 nitrogen and oxygen atoms in total. The third-order valence-electron chi connectivity index (χ3n) is 4.20. The average molecular weight is 336 g/mol. The van der Waals surface area contributed by atoms with Crippen molar-refractivity contribution in [3.8, 4) is 0 Å². The van der Waals surface area contributed by atoms with E-state index in [-0.39, 0.29) is 5.91 Å². The van der Waals surface area contributed by atoms with Gasteiger partial charge in [0.15, 0.2) is 0 Å². The number of carbonyl (C=O) groups excluding carboxylic acids is 1. The molecule has 1 atom stereocenters. The highest BCUT2D eigenvalue weighted by Crippen LogP contribution is 2.18. The Bertz CT molecular complexity index is 841. The van der Waals surface area contributed by atoms with Gasteiger partial charge in [-0.05, 0) is 36.6 Å². The molecule has 1 amide bonds. The second kappa shape index (κ2) is 7.94. The average Bonchev–Trinajstić information content (AvgIpc) is 3.02. The van der Waals surface area contributed by atoms with Crippen LogP contribution in [0.25, 0.3) is 11.0 Å². The van der Waals surface area contributed by atoms with Crippen LogP contribution in [0.5, 0.6) is 0 Å². The third kappa shape index (κ3) is 4.45. The molecule has 1 aromatic heterocycles. The van der Waals surface area contributed by atoms with Crippen LogP contribution in [0, 0.1) is 0 Å². The number of amides is 1. The zero-order valence-electron chi connectivity index (χ0n) is 14.5. The number of anilines is 1. The van der Waals surface area contributed by atoms with Crippen LogP contribution in [0.2, 0.25) is 0 Å². The summed E-state index contributed by atoms with van der Waals surface area (Å²) in [6.07, 6.45) is 3.70. The van der Waals surface area contributed by atoms with Gasteiger partial charge in [-0.2, -0.15) is 0 Å². The van der Waals surface area contributed by atoms with Crippen molar-refractivity contribution in [1.29, 1.82) is 0 Å². The summed E-state index contributed by atoms with van der Waals surface area (Å²) >= 11 is 0. The smallest absolute Gasteiger partial charge is 0.241 e. The van der Waals surface area contributed by atoms with E-state index in [0.717, 1.165) is 47.4 Å². The van der Waals surface area contributed by atoms with Crippen LogP contribution < -0.4 is 11.1 Å². The van der Waals surface area contributed by atoms with E-state index in [1.807, 2.05) is 48.5 Å². The molecule has 0 aliphatic rings. The summed E-state index contributed by atoms with van der Waals surface area (Å²) < 4.78 is 0. The SMILES string of the molecule is CCCCc1nc2ccc(NC(=O)C(N)Cc3ccccc3)cc2[nH]1. The van der Waals surface area contributed by atoms with Crippen molar-refractivity contribution in [2.24, 2.45) is 5.73 Å². The van der Waals surface area contributed by atoms with Crippen LogP contribution in [0.15, 0.2) is 48.5 Å². The van der Waals surface area contributed by atoms with Gasteiger partial charge in [0.2, 0.25) is 5.91 Å². The van der Waals surface area contributed by atoms with Crippen LogP contribution in [0.1, 0.15) is 31.2 Å². The number of aromatic amines is 1. The second-order valence-electron chi connectivity index (χ2n) is 6.30. The molecule has 5 heteroatoms. The lowest BCUT2D eigenvalue weighted by molar-refractivity contribution is -0.117. The highest BCUT2D eigenvalue weighted by molar-refractivity contribution is 5.96. The van der Waals surface area contributed by atoms with Gasteiger partial charge in [-0.25, -0.2) is 4.98 Å². The molecule has 1 heterocycles. The maximum absolute atomic E-state index is 12.3. The highest BCUT2D eigenvalue weighted by Gasteiger charge is 2.14. The molecular weight excluding hydrogens is 312 g/mol. The molecule has 0 saturated carbocycles. The molecule has 3 rings (SSSR count). The van der Waals surface area contributed by atoms with E-state index in [9.17, 15) is 4.79 Å². The number of nitrogens with one attached hydrogen (secondary N) is 2. The van der Waals surface area contributed by atoms with Crippen molar-refractivity contribution >= 4 is 22.6 Å². The van der Waals surface area contributed by atoms with Crippen LogP contribution in [-0.2, 0) is 17.6 Å². The maximum Gasteiger partial charge on any atom is 0.241 e. The van der Waals surface area contributed by atoms with E-state index in [2.05, 4.69) is 22.2 Å². The van der Waals surface area contributed by atoms with Crippen molar-refractivity contribution in [1.82, 2.24) is 9.97 Å². The Balaban J connectivity index is 1.66. The summed E-state index contributed by atoms with van der Waals surface area (Å²) in [5, 5.41) is 2.89. The minimum atomic E-state index is -0.583. The van der Waals surface area contributed by atoms with Crippen molar-refractivity contribution in [2.75, 3.05) is 5.32 Å². The number of hydrogen-bond acceptors (Lipinski definition) is 3. The zero-order chi connectivity index (χ0) is 17.6. The molecule has 0 saturated heterocycles. The second-order valence-corrected chi connectivity index (χ2v) is 6.30. The van der Waals surface area contributed by atoms with E-state index in [4.69, 9.17) is 5.73 Å². The number of nitrogens with two attached hydrogens (primary N) is 1. The number of H-pyrrole nitrogens is 1. The number of hydrogen-bond donors (Lipinski definition) is 3. The Morgan fingerprint density at radius 1 is 1.24 bits per heavy atom. The fourth-order valence-electron chi connectivity index (χ4n) is 2.80. The Morgan fingerprint density at radius 2 is 2.04 bits per heavy atom. The summed E-state index contributed by atoms with van der Waals surface area (Å²) in [5.41, 5.74) is 9.66. The molecule has 3 aromatic rings. The lowest BCUT2D eigenvalue weighted by Gasteiger charge is -2.12. The van der Waals surface area contributed by atoms with Crippen molar-refractivity contribution < 1.29 is 4.79 Å². The first kappa shape index (κ1) is 17.2. The molecule has 0 aliphatic carbocycles. The fraction of sp³-hybridized carbons (Fsp3) is 0.300. The molecule has 0 fully saturated rings. The fourth-order valence-corrected chi connectivity index (χ4v) is 2.80. The number of imidazole rings is 1. The number of aryl methyl sites for hydroxylation is 1. The number of carbonyl (C=O) groups is 1. The minimum Gasteiger partial charge on any atom is -0.342 e. The summed E-state index contributed by atoms with van der Waals surface area (Å²) in [5.74, 6) is 0.801. The molecule has 0 aliphatic heterocycles. The van der Waals surface area contributed by atoms with Gasteiger partial charge in [0.1, 0.15) is 5.82 Å². The molecule has 25 heavy (non-hydrogen) atoms. The van der Waals surface area contributed by atoms with E-state index >= 15 is 0 Å². The number of unbranched alkanes of at least 4 members (excludes halogenated alkanes) is 1. The van der Waals surface area contributed by atoms with Crippen molar-refractivity contribution in [3.05, 3.63) is 59.9 Å². The van der Waals surface area contributed by atoms with E-state index < -0.39 is 6.04 Å². The first-order chi connectivity index (χ1) is 12.2. The van der Waals surface area contributed by atoms with Gasteiger partial charge in [0.25, 0.3) is 0 Å². The Morgan fingerprint density at radius 3 is 2.80 bits per heavy atom. The first-order valence-corrected chi connectivity index (χ1v) is 8.74. The molecule has 0 radical (unpaired) electrons. The summed E-state index contributed by atoms with van der Waals surface area (Å²) in [6.45, 7) is 2.16. The molecule has 2 aromatic carbocycles. The number of rotatable bonds is 7. The van der Waals surface area contributed by atoms with Crippen LogP contribution in [0.4, 0.5) is 5.69 Å². The Labute approximate surface area is 147 Å². The maximum atomic E-state index is 12.3. The van der Waals surface area contributed by atoms with Crippen LogP contribution in [0.3, 0.4) is 0 Å². The summed E-state index contributed by atoms with van der Waals surface area (Å²) in [6, 6.07) is 14.9. The topological polar surface area (TPSA) is 83.8 Å². The molecule has 0 spiro atoms. The minimum absolute atomic E-state index is 0.186. The number of fused-ring (bicyclic) bond motifs is 1. The van der Waals surface area contributed by atoms with Crippen molar-refractivity contribution in [2.45, 2.75) is 38.6 Å². The molecule has 0 bridgehead atoms. The monoisotopic (exact) mass is 336 g/mol. The lowest BCUT2D eigenvalue weighted by Crippen LogP contribution is -2.37. The molecular formula is C20H24N4O. The Hall–Kier alpha value is -2.66. The summed E-state index contributed by atoms with van der Waals surface area (Å²) in [4.78, 5) is 20.2. The standard InChI is InChI=1S/C20H24N4O/c1-2-3-9-19-23-17-11-10-15(13-18(17)24-19)22-20(25)16(21)12-14-7-5-4-6-8-14/h4-8,10-11,13,16H,2-3,9,12,21H2,1H3,(H,22,25)(H,23,24). The Kier molecular flexibility index (Phi) is 5.46.